The zero-order valence-electron chi connectivity index (χ0n) is 10.2. The van der Waals surface area contributed by atoms with Crippen molar-refractivity contribution >= 4 is 28.6 Å². The molecule has 19 heavy (non-hydrogen) atoms. The van der Waals surface area contributed by atoms with E-state index in [1.165, 1.54) is 18.2 Å². The van der Waals surface area contributed by atoms with E-state index >= 15 is 0 Å². The van der Waals surface area contributed by atoms with Crippen LogP contribution in [-0.2, 0) is 0 Å². The van der Waals surface area contributed by atoms with E-state index in [9.17, 15) is 8.78 Å². The summed E-state index contributed by atoms with van der Waals surface area (Å²) in [6.07, 6.45) is 0. The predicted octanol–water partition coefficient (Wildman–Crippen LogP) is 3.65. The molecule has 0 aliphatic rings. The average molecular weight is 278 g/mol. The van der Waals surface area contributed by atoms with Crippen molar-refractivity contribution in [3.8, 4) is 0 Å². The van der Waals surface area contributed by atoms with Crippen molar-refractivity contribution in [2.75, 3.05) is 5.32 Å². The zero-order valence-corrected chi connectivity index (χ0v) is 11.0. The molecule has 0 amide bonds. The lowest BCUT2D eigenvalue weighted by Gasteiger charge is -2.13. The Balaban J connectivity index is 2.49. The lowest BCUT2D eigenvalue weighted by molar-refractivity contribution is 0.591. The quantitative estimate of drug-likeness (QED) is 0.842. The fourth-order valence-electron chi connectivity index (χ4n) is 1.73. The van der Waals surface area contributed by atoms with Crippen LogP contribution in [-0.4, -0.2) is 4.99 Å². The first kappa shape index (κ1) is 13.4. The number of aryl methyl sites for hydroxylation is 1. The van der Waals surface area contributed by atoms with E-state index in [1.807, 2.05) is 13.0 Å². The Kier molecular flexibility index (Phi) is 3.76. The van der Waals surface area contributed by atoms with Gasteiger partial charge >= 0.3 is 0 Å². The van der Waals surface area contributed by atoms with Gasteiger partial charge < -0.3 is 11.1 Å². The van der Waals surface area contributed by atoms with Crippen molar-refractivity contribution in [1.82, 2.24) is 0 Å². The Morgan fingerprint density at radius 1 is 1.16 bits per heavy atom. The maximum atomic E-state index is 13.6. The molecule has 0 saturated carbocycles. The highest BCUT2D eigenvalue weighted by atomic mass is 32.1. The molecule has 2 aromatic carbocycles. The molecule has 2 rings (SSSR count). The maximum absolute atomic E-state index is 13.6. The molecule has 0 atom stereocenters. The van der Waals surface area contributed by atoms with Crippen molar-refractivity contribution in [1.29, 1.82) is 0 Å². The Hall–Kier alpha value is -2.01. The van der Waals surface area contributed by atoms with Crippen LogP contribution in [0, 0.1) is 18.6 Å². The Morgan fingerprint density at radius 3 is 2.37 bits per heavy atom. The first-order valence-electron chi connectivity index (χ1n) is 5.60. The molecule has 3 N–H and O–H groups in total. The molecule has 0 aromatic heterocycles. The van der Waals surface area contributed by atoms with Crippen LogP contribution in [0.3, 0.4) is 0 Å². The van der Waals surface area contributed by atoms with E-state index in [4.69, 9.17) is 18.0 Å². The molecular weight excluding hydrogens is 266 g/mol. The molecule has 2 nitrogen and oxygen atoms in total. The largest absolute Gasteiger partial charge is 0.389 e. The number of hydrogen-bond acceptors (Lipinski definition) is 2. The van der Waals surface area contributed by atoms with Gasteiger partial charge in [0.25, 0.3) is 0 Å². The van der Waals surface area contributed by atoms with E-state index < -0.39 is 11.6 Å². The summed E-state index contributed by atoms with van der Waals surface area (Å²) < 4.78 is 27.2. The number of nitrogens with two attached hydrogens (primary N) is 1. The van der Waals surface area contributed by atoms with Gasteiger partial charge in [-0.2, -0.15) is 0 Å². The normalized spacial score (nSPS) is 10.3. The van der Waals surface area contributed by atoms with Crippen LogP contribution in [0.15, 0.2) is 36.4 Å². The molecule has 0 saturated heterocycles. The Bertz CT molecular complexity index is 621. The number of para-hydroxylation sites is 1. The molecule has 0 bridgehead atoms. The molecular formula is C14H12F2N2S. The van der Waals surface area contributed by atoms with Gasteiger partial charge in [-0.25, -0.2) is 8.78 Å². The van der Waals surface area contributed by atoms with Crippen LogP contribution in [0.5, 0.6) is 0 Å². The van der Waals surface area contributed by atoms with E-state index in [0.29, 0.717) is 11.3 Å². The van der Waals surface area contributed by atoms with Gasteiger partial charge in [-0.15, -0.1) is 0 Å². The summed E-state index contributed by atoms with van der Waals surface area (Å²) in [6.45, 7) is 1.87. The second-order valence-electron chi connectivity index (χ2n) is 4.13. The SMILES string of the molecule is Cc1ccc(C(N)=S)c(Nc2c(F)cccc2F)c1. The maximum Gasteiger partial charge on any atom is 0.149 e. The standard InChI is InChI=1S/C14H12F2N2S/c1-8-5-6-9(14(17)19)12(7-8)18-13-10(15)3-2-4-11(13)16/h2-7,18H,1H3,(H2,17,19). The summed E-state index contributed by atoms with van der Waals surface area (Å²) in [5.41, 5.74) is 7.34. The van der Waals surface area contributed by atoms with Gasteiger partial charge in [0.05, 0.1) is 0 Å². The van der Waals surface area contributed by atoms with Crippen molar-refractivity contribution in [2.24, 2.45) is 5.73 Å². The smallest absolute Gasteiger partial charge is 0.149 e. The van der Waals surface area contributed by atoms with Gasteiger partial charge in [-0.3, -0.25) is 0 Å². The lowest BCUT2D eigenvalue weighted by atomic mass is 10.1. The van der Waals surface area contributed by atoms with Gasteiger partial charge in [0.15, 0.2) is 0 Å². The average Bonchev–Trinajstić information content (AvgIpc) is 2.33. The molecule has 0 aliphatic heterocycles. The van der Waals surface area contributed by atoms with E-state index in [1.54, 1.807) is 12.1 Å². The van der Waals surface area contributed by atoms with E-state index in [2.05, 4.69) is 5.32 Å². The van der Waals surface area contributed by atoms with Gasteiger partial charge in [0.2, 0.25) is 0 Å². The van der Waals surface area contributed by atoms with Crippen LogP contribution in [0.2, 0.25) is 0 Å². The van der Waals surface area contributed by atoms with Crippen molar-refractivity contribution in [3.63, 3.8) is 0 Å². The Morgan fingerprint density at radius 2 is 1.79 bits per heavy atom. The fraction of sp³-hybridized carbons (Fsp3) is 0.0714. The van der Waals surface area contributed by atoms with Crippen LogP contribution in [0.25, 0.3) is 0 Å². The summed E-state index contributed by atoms with van der Waals surface area (Å²) in [6, 6.07) is 8.96. The molecule has 0 radical (unpaired) electrons. The van der Waals surface area contributed by atoms with Gasteiger partial charge in [-0.1, -0.05) is 24.4 Å². The predicted molar refractivity (Wildman–Crippen MR) is 76.7 cm³/mol. The Labute approximate surface area is 115 Å². The lowest BCUT2D eigenvalue weighted by Crippen LogP contribution is -2.12. The highest BCUT2D eigenvalue weighted by Gasteiger charge is 2.12. The second kappa shape index (κ2) is 5.32. The highest BCUT2D eigenvalue weighted by Crippen LogP contribution is 2.26. The van der Waals surface area contributed by atoms with Crippen molar-refractivity contribution < 1.29 is 8.78 Å². The van der Waals surface area contributed by atoms with Gasteiger partial charge in [0.1, 0.15) is 22.3 Å². The van der Waals surface area contributed by atoms with E-state index in [-0.39, 0.29) is 10.7 Å². The summed E-state index contributed by atoms with van der Waals surface area (Å²) in [5.74, 6) is -1.34. The first-order valence-corrected chi connectivity index (χ1v) is 6.01. The third-order valence-corrected chi connectivity index (χ3v) is 2.88. The topological polar surface area (TPSA) is 38.0 Å². The molecule has 0 heterocycles. The summed E-state index contributed by atoms with van der Waals surface area (Å²) in [7, 11) is 0. The number of halogens is 2. The highest BCUT2D eigenvalue weighted by molar-refractivity contribution is 7.80. The van der Waals surface area contributed by atoms with Crippen LogP contribution >= 0.6 is 12.2 Å². The molecule has 0 fully saturated rings. The molecule has 98 valence electrons. The molecule has 0 spiro atoms. The second-order valence-corrected chi connectivity index (χ2v) is 4.57. The fourth-order valence-corrected chi connectivity index (χ4v) is 1.91. The summed E-state index contributed by atoms with van der Waals surface area (Å²) >= 11 is 4.93. The molecule has 0 aliphatic carbocycles. The number of benzene rings is 2. The van der Waals surface area contributed by atoms with Crippen LogP contribution in [0.4, 0.5) is 20.2 Å². The van der Waals surface area contributed by atoms with E-state index in [0.717, 1.165) is 5.56 Å². The monoisotopic (exact) mass is 278 g/mol. The van der Waals surface area contributed by atoms with Gasteiger partial charge in [0, 0.05) is 11.3 Å². The zero-order chi connectivity index (χ0) is 14.0. The molecule has 5 heteroatoms. The minimum atomic E-state index is -0.671. The minimum Gasteiger partial charge on any atom is -0.389 e. The summed E-state index contributed by atoms with van der Waals surface area (Å²) in [4.78, 5) is 0.166. The summed E-state index contributed by atoms with van der Waals surface area (Å²) in [5, 5.41) is 2.71. The number of rotatable bonds is 3. The van der Waals surface area contributed by atoms with Crippen LogP contribution in [0.1, 0.15) is 11.1 Å². The molecule has 0 unspecified atom stereocenters. The third kappa shape index (κ3) is 2.88. The first-order chi connectivity index (χ1) is 8.99. The van der Waals surface area contributed by atoms with Gasteiger partial charge in [-0.05, 0) is 36.8 Å². The number of nitrogens with one attached hydrogen (secondary N) is 1. The molecule has 2 aromatic rings. The van der Waals surface area contributed by atoms with Crippen molar-refractivity contribution in [2.45, 2.75) is 6.92 Å². The number of anilines is 2. The number of thiocarbonyl (C=S) groups is 1. The minimum absolute atomic E-state index is 0.166. The van der Waals surface area contributed by atoms with Crippen molar-refractivity contribution in [3.05, 3.63) is 59.2 Å². The third-order valence-electron chi connectivity index (χ3n) is 2.66. The van der Waals surface area contributed by atoms with Crippen LogP contribution < -0.4 is 11.1 Å². The number of hydrogen-bond donors (Lipinski definition) is 2.